The van der Waals surface area contributed by atoms with E-state index in [1.165, 1.54) is 21.9 Å². The fraction of sp³-hybridized carbons (Fsp3) is 0.0588. The summed E-state index contributed by atoms with van der Waals surface area (Å²) in [6.45, 7) is 0. The SMILES string of the molecule is [Br-].[Mg+2].[c-]1ccccc1Cc1ccc2ccccc2c1. The molecule has 3 aromatic carbocycles. The first-order valence-electron chi connectivity index (χ1n) is 5.85. The van der Waals surface area contributed by atoms with Crippen LogP contribution in [0.3, 0.4) is 0 Å². The molecule has 0 saturated carbocycles. The van der Waals surface area contributed by atoms with Crippen LogP contribution in [-0.4, -0.2) is 23.1 Å². The number of hydrogen-bond acceptors (Lipinski definition) is 0. The van der Waals surface area contributed by atoms with Gasteiger partial charge in [-0.2, -0.15) is 35.9 Å². The van der Waals surface area contributed by atoms with E-state index in [-0.39, 0.29) is 40.0 Å². The molecule has 3 aromatic rings. The average Bonchev–Trinajstić information content (AvgIpc) is 2.40. The van der Waals surface area contributed by atoms with Gasteiger partial charge in [-0.1, -0.05) is 42.5 Å². The van der Waals surface area contributed by atoms with Gasteiger partial charge in [0.1, 0.15) is 0 Å². The Labute approximate surface area is 140 Å². The van der Waals surface area contributed by atoms with Crippen LogP contribution in [0.5, 0.6) is 0 Å². The Hall–Kier alpha value is -0.834. The van der Waals surface area contributed by atoms with Crippen LogP contribution in [-0.2, 0) is 6.42 Å². The topological polar surface area (TPSA) is 0 Å². The molecule has 0 fully saturated rings. The summed E-state index contributed by atoms with van der Waals surface area (Å²) in [5.74, 6) is 0. The first kappa shape index (κ1) is 16.2. The summed E-state index contributed by atoms with van der Waals surface area (Å²) in [7, 11) is 0. The fourth-order valence-electron chi connectivity index (χ4n) is 2.11. The Kier molecular flexibility index (Phi) is 6.56. The molecule has 0 aromatic heterocycles. The van der Waals surface area contributed by atoms with Gasteiger partial charge in [-0.15, -0.1) is 0 Å². The van der Waals surface area contributed by atoms with Crippen molar-refractivity contribution in [3.8, 4) is 0 Å². The fourth-order valence-corrected chi connectivity index (χ4v) is 2.11. The summed E-state index contributed by atoms with van der Waals surface area (Å²) in [6.07, 6.45) is 0.950. The minimum absolute atomic E-state index is 0. The molecule has 90 valence electrons. The van der Waals surface area contributed by atoms with Crippen LogP contribution in [0.25, 0.3) is 10.8 Å². The molecule has 0 aliphatic heterocycles. The van der Waals surface area contributed by atoms with Crippen molar-refractivity contribution < 1.29 is 17.0 Å². The van der Waals surface area contributed by atoms with Crippen molar-refractivity contribution >= 4 is 33.8 Å². The molecule has 0 aliphatic rings. The minimum atomic E-state index is 0. The van der Waals surface area contributed by atoms with Crippen molar-refractivity contribution in [3.63, 3.8) is 0 Å². The van der Waals surface area contributed by atoms with Gasteiger partial charge in [-0.05, 0) is 22.8 Å². The maximum atomic E-state index is 3.26. The predicted octanol–water partition coefficient (Wildman–Crippen LogP) is 0.854. The second kappa shape index (κ2) is 7.68. The summed E-state index contributed by atoms with van der Waals surface area (Å²) in [5, 5.41) is 2.61. The molecule has 0 heterocycles. The minimum Gasteiger partial charge on any atom is -1.00 e. The number of hydrogen-bond donors (Lipinski definition) is 0. The third-order valence-electron chi connectivity index (χ3n) is 2.98. The molecule has 0 spiro atoms. The van der Waals surface area contributed by atoms with Crippen molar-refractivity contribution in [1.82, 2.24) is 0 Å². The monoisotopic (exact) mass is 320 g/mol. The molecule has 0 amide bonds. The maximum Gasteiger partial charge on any atom is 2.00 e. The standard InChI is InChI=1S/C17H13.BrH.Mg/c1-2-6-14(7-3-1)12-15-10-11-16-8-4-5-9-17(16)13-15;;/h1-6,8-11,13H,12H2;1H;/q-1;;+2/p-1. The van der Waals surface area contributed by atoms with E-state index in [4.69, 9.17) is 0 Å². The van der Waals surface area contributed by atoms with Crippen molar-refractivity contribution in [2.24, 2.45) is 0 Å². The molecule has 0 nitrogen and oxygen atoms in total. The van der Waals surface area contributed by atoms with E-state index < -0.39 is 0 Å². The van der Waals surface area contributed by atoms with E-state index in [0.29, 0.717) is 0 Å². The zero-order chi connectivity index (χ0) is 11.5. The first-order chi connectivity index (χ1) is 8.42. The molecule has 0 aliphatic carbocycles. The van der Waals surface area contributed by atoms with Crippen LogP contribution in [0.1, 0.15) is 11.1 Å². The van der Waals surface area contributed by atoms with Gasteiger partial charge in [0.05, 0.1) is 0 Å². The molecule has 0 N–H and O–H groups in total. The molecule has 0 saturated heterocycles. The van der Waals surface area contributed by atoms with Crippen molar-refractivity contribution in [2.75, 3.05) is 0 Å². The van der Waals surface area contributed by atoms with Gasteiger partial charge in [-0.3, -0.25) is 0 Å². The molecule has 0 radical (unpaired) electrons. The second-order valence-electron chi connectivity index (χ2n) is 4.25. The molecule has 0 bridgehead atoms. The summed E-state index contributed by atoms with van der Waals surface area (Å²) in [6, 6.07) is 26.5. The Bertz CT molecular complexity index is 635. The Morgan fingerprint density at radius 1 is 0.789 bits per heavy atom. The van der Waals surface area contributed by atoms with E-state index in [1.807, 2.05) is 12.1 Å². The number of benzene rings is 3. The third kappa shape index (κ3) is 4.07. The van der Waals surface area contributed by atoms with E-state index in [9.17, 15) is 0 Å². The Balaban J connectivity index is 0.000000902. The molecular weight excluding hydrogens is 308 g/mol. The molecule has 0 atom stereocenters. The number of fused-ring (bicyclic) bond motifs is 1. The summed E-state index contributed by atoms with van der Waals surface area (Å²) < 4.78 is 0. The summed E-state index contributed by atoms with van der Waals surface area (Å²) in [5.41, 5.74) is 2.58. The van der Waals surface area contributed by atoms with Gasteiger partial charge in [0.2, 0.25) is 0 Å². The van der Waals surface area contributed by atoms with E-state index >= 15 is 0 Å². The normalized spacial score (nSPS) is 9.47. The van der Waals surface area contributed by atoms with Crippen LogP contribution in [0.2, 0.25) is 0 Å². The van der Waals surface area contributed by atoms with Crippen LogP contribution in [0.4, 0.5) is 0 Å². The maximum absolute atomic E-state index is 3.26. The predicted molar refractivity (Wildman–Crippen MR) is 77.8 cm³/mol. The quantitative estimate of drug-likeness (QED) is 0.485. The third-order valence-corrected chi connectivity index (χ3v) is 2.98. The zero-order valence-electron chi connectivity index (χ0n) is 10.6. The van der Waals surface area contributed by atoms with Gasteiger partial charge in [0, 0.05) is 0 Å². The van der Waals surface area contributed by atoms with Crippen LogP contribution in [0.15, 0.2) is 66.7 Å². The van der Waals surface area contributed by atoms with Gasteiger partial charge in [-0.25, -0.2) is 0 Å². The Morgan fingerprint density at radius 3 is 2.26 bits per heavy atom. The van der Waals surface area contributed by atoms with Crippen LogP contribution < -0.4 is 17.0 Å². The first-order valence-corrected chi connectivity index (χ1v) is 5.85. The molecule has 2 heteroatoms. The van der Waals surface area contributed by atoms with E-state index in [0.717, 1.165) is 6.42 Å². The van der Waals surface area contributed by atoms with E-state index in [2.05, 4.69) is 60.7 Å². The summed E-state index contributed by atoms with van der Waals surface area (Å²) in [4.78, 5) is 0. The number of rotatable bonds is 2. The number of halogens is 1. The van der Waals surface area contributed by atoms with Crippen molar-refractivity contribution in [3.05, 3.63) is 83.9 Å². The smallest absolute Gasteiger partial charge is 1.00 e. The average molecular weight is 322 g/mol. The second-order valence-corrected chi connectivity index (χ2v) is 4.25. The van der Waals surface area contributed by atoms with Crippen molar-refractivity contribution in [1.29, 1.82) is 0 Å². The van der Waals surface area contributed by atoms with Gasteiger partial charge in [0.15, 0.2) is 0 Å². The van der Waals surface area contributed by atoms with E-state index in [1.54, 1.807) is 0 Å². The van der Waals surface area contributed by atoms with Crippen LogP contribution >= 0.6 is 0 Å². The largest absolute Gasteiger partial charge is 2.00 e. The van der Waals surface area contributed by atoms with Gasteiger partial charge < -0.3 is 17.0 Å². The van der Waals surface area contributed by atoms with Gasteiger partial charge in [0.25, 0.3) is 0 Å². The van der Waals surface area contributed by atoms with Crippen LogP contribution in [0, 0.1) is 6.07 Å². The molecular formula is C17H13BrMg. The summed E-state index contributed by atoms with van der Waals surface area (Å²) >= 11 is 0. The van der Waals surface area contributed by atoms with Gasteiger partial charge >= 0.3 is 23.1 Å². The van der Waals surface area contributed by atoms with Crippen molar-refractivity contribution in [2.45, 2.75) is 6.42 Å². The Morgan fingerprint density at radius 2 is 1.53 bits per heavy atom. The zero-order valence-corrected chi connectivity index (χ0v) is 13.6. The molecule has 19 heavy (non-hydrogen) atoms. The molecule has 3 rings (SSSR count). The molecule has 0 unspecified atom stereocenters.